The third-order valence-corrected chi connectivity index (χ3v) is 6.33. The lowest BCUT2D eigenvalue weighted by molar-refractivity contribution is -0.0444. The maximum atomic E-state index is 11.9. The van der Waals surface area contributed by atoms with E-state index in [2.05, 4.69) is 56.7 Å². The van der Waals surface area contributed by atoms with Gasteiger partial charge >= 0.3 is 6.09 Å². The number of fused-ring (bicyclic) bond motifs is 1. The molecule has 1 aromatic heterocycles. The van der Waals surface area contributed by atoms with Crippen LogP contribution >= 0.6 is 0 Å². The lowest BCUT2D eigenvalue weighted by Crippen LogP contribution is -2.70. The molecule has 2 saturated heterocycles. The van der Waals surface area contributed by atoms with E-state index >= 15 is 0 Å². The van der Waals surface area contributed by atoms with Gasteiger partial charge in [-0.1, -0.05) is 24.3 Å². The first-order valence-electron chi connectivity index (χ1n) is 10.6. The number of rotatable bonds is 6. The average Bonchev–Trinajstić information content (AvgIpc) is 2.69. The van der Waals surface area contributed by atoms with E-state index in [1.54, 1.807) is 6.20 Å². The van der Waals surface area contributed by atoms with Crippen molar-refractivity contribution in [3.8, 4) is 0 Å². The molecule has 8 heteroatoms. The van der Waals surface area contributed by atoms with Crippen molar-refractivity contribution in [3.05, 3.63) is 47.2 Å². The number of nitrogens with one attached hydrogen (secondary N) is 2. The number of likely N-dealkylation sites (tertiary alicyclic amines) is 1. The first-order valence-corrected chi connectivity index (χ1v) is 10.6. The molecule has 0 radical (unpaired) electrons. The maximum Gasteiger partial charge on any atom is 0.415 e. The Morgan fingerprint density at radius 3 is 2.70 bits per heavy atom. The van der Waals surface area contributed by atoms with Crippen LogP contribution in [0.15, 0.2) is 30.5 Å². The summed E-state index contributed by atoms with van der Waals surface area (Å²) in [6.45, 7) is 10.5. The molecule has 1 amide bonds. The smallest absolute Gasteiger partial charge is 0.415 e. The summed E-state index contributed by atoms with van der Waals surface area (Å²) in [5.74, 6) is 1.14. The molecule has 2 N–H and O–H groups in total. The van der Waals surface area contributed by atoms with Crippen molar-refractivity contribution in [1.82, 2.24) is 20.2 Å². The molecule has 1 spiro atoms. The Balaban J connectivity index is 1.22. The minimum absolute atomic E-state index is 0.0519. The zero-order valence-corrected chi connectivity index (χ0v) is 17.5. The Kier molecular flexibility index (Phi) is 4.83. The van der Waals surface area contributed by atoms with Crippen LogP contribution in [0.3, 0.4) is 0 Å². The zero-order chi connectivity index (χ0) is 20.7. The van der Waals surface area contributed by atoms with Gasteiger partial charge in [0.2, 0.25) is 5.95 Å². The SMILES string of the molecule is CCN1C(=O)OCc2cnc(NC(C)c3ccc(CN4CC5(CNC5)C4)cc3)nc21. The van der Waals surface area contributed by atoms with Crippen molar-refractivity contribution >= 4 is 17.9 Å². The first kappa shape index (κ1) is 19.3. The molecule has 2 aromatic rings. The van der Waals surface area contributed by atoms with Crippen LogP contribution in [-0.4, -0.2) is 53.7 Å². The van der Waals surface area contributed by atoms with Gasteiger partial charge in [0.05, 0.1) is 11.6 Å². The summed E-state index contributed by atoms with van der Waals surface area (Å²) < 4.78 is 5.15. The third-order valence-electron chi connectivity index (χ3n) is 6.33. The van der Waals surface area contributed by atoms with Crippen molar-refractivity contribution in [2.45, 2.75) is 33.0 Å². The normalized spacial score (nSPS) is 20.7. The summed E-state index contributed by atoms with van der Waals surface area (Å²) in [5, 5.41) is 6.74. The number of nitrogens with zero attached hydrogens (tertiary/aromatic N) is 4. The number of amides is 1. The van der Waals surface area contributed by atoms with E-state index in [0.717, 1.165) is 12.1 Å². The molecule has 4 heterocycles. The second kappa shape index (κ2) is 7.52. The quantitative estimate of drug-likeness (QED) is 0.760. The van der Waals surface area contributed by atoms with Gasteiger partial charge in [-0.05, 0) is 25.0 Å². The molecule has 0 bridgehead atoms. The van der Waals surface area contributed by atoms with E-state index in [0.29, 0.717) is 23.7 Å². The number of benzene rings is 1. The number of aromatic nitrogens is 2. The molecular formula is C22H28N6O2. The lowest BCUT2D eigenvalue weighted by atomic mass is 9.74. The van der Waals surface area contributed by atoms with Gasteiger partial charge in [-0.25, -0.2) is 9.78 Å². The Bertz CT molecular complexity index is 935. The predicted molar refractivity (Wildman–Crippen MR) is 114 cm³/mol. The number of ether oxygens (including phenoxy) is 1. The molecule has 1 aromatic carbocycles. The molecule has 3 aliphatic heterocycles. The van der Waals surface area contributed by atoms with Crippen molar-refractivity contribution in [1.29, 1.82) is 0 Å². The molecule has 8 nitrogen and oxygen atoms in total. The van der Waals surface area contributed by atoms with Crippen molar-refractivity contribution in [2.75, 3.05) is 42.9 Å². The number of carbonyl (C=O) groups is 1. The molecule has 30 heavy (non-hydrogen) atoms. The number of hydrogen-bond acceptors (Lipinski definition) is 7. The molecule has 3 aliphatic rings. The number of hydrogen-bond donors (Lipinski definition) is 2. The molecular weight excluding hydrogens is 380 g/mol. The van der Waals surface area contributed by atoms with Gasteiger partial charge in [0.1, 0.15) is 12.4 Å². The van der Waals surface area contributed by atoms with Crippen LogP contribution in [-0.2, 0) is 17.9 Å². The van der Waals surface area contributed by atoms with Crippen molar-refractivity contribution in [2.24, 2.45) is 5.41 Å². The Hall–Kier alpha value is -2.71. The molecule has 5 rings (SSSR count). The Morgan fingerprint density at radius 2 is 2.03 bits per heavy atom. The summed E-state index contributed by atoms with van der Waals surface area (Å²) in [5.41, 5.74) is 3.91. The number of cyclic esters (lactones) is 1. The summed E-state index contributed by atoms with van der Waals surface area (Å²) in [7, 11) is 0. The van der Waals surface area contributed by atoms with E-state index in [1.165, 1.54) is 42.2 Å². The minimum atomic E-state index is -0.361. The summed E-state index contributed by atoms with van der Waals surface area (Å²) >= 11 is 0. The number of carbonyl (C=O) groups excluding carboxylic acids is 1. The fraction of sp³-hybridized carbons (Fsp3) is 0.500. The van der Waals surface area contributed by atoms with Gasteiger partial charge in [0.25, 0.3) is 0 Å². The van der Waals surface area contributed by atoms with Crippen LogP contribution in [0.2, 0.25) is 0 Å². The highest BCUT2D eigenvalue weighted by Gasteiger charge is 2.47. The van der Waals surface area contributed by atoms with Crippen molar-refractivity contribution in [3.63, 3.8) is 0 Å². The average molecular weight is 409 g/mol. The van der Waals surface area contributed by atoms with Gasteiger partial charge in [-0.2, -0.15) is 4.98 Å². The highest BCUT2D eigenvalue weighted by atomic mass is 16.6. The van der Waals surface area contributed by atoms with Gasteiger partial charge in [-0.15, -0.1) is 0 Å². The highest BCUT2D eigenvalue weighted by molar-refractivity contribution is 5.89. The summed E-state index contributed by atoms with van der Waals surface area (Å²) in [6, 6.07) is 8.81. The fourth-order valence-electron chi connectivity index (χ4n) is 4.55. The molecule has 0 saturated carbocycles. The predicted octanol–water partition coefficient (Wildman–Crippen LogP) is 2.53. The van der Waals surface area contributed by atoms with E-state index in [1.807, 2.05) is 6.92 Å². The van der Waals surface area contributed by atoms with Gasteiger partial charge < -0.3 is 15.4 Å². The monoisotopic (exact) mass is 408 g/mol. The summed E-state index contributed by atoms with van der Waals surface area (Å²) in [4.78, 5) is 25.0. The first-order chi connectivity index (χ1) is 14.5. The Morgan fingerprint density at radius 1 is 1.27 bits per heavy atom. The molecule has 1 unspecified atom stereocenters. The lowest BCUT2D eigenvalue weighted by Gasteiger charge is -2.56. The van der Waals surface area contributed by atoms with E-state index < -0.39 is 0 Å². The van der Waals surface area contributed by atoms with Crippen LogP contribution < -0.4 is 15.5 Å². The van der Waals surface area contributed by atoms with Crippen LogP contribution in [0.4, 0.5) is 16.6 Å². The van der Waals surface area contributed by atoms with Gasteiger partial charge in [0, 0.05) is 50.9 Å². The topological polar surface area (TPSA) is 82.6 Å². The number of anilines is 2. The van der Waals surface area contributed by atoms with Crippen LogP contribution in [0.25, 0.3) is 0 Å². The fourth-order valence-corrected chi connectivity index (χ4v) is 4.55. The molecule has 2 fully saturated rings. The summed E-state index contributed by atoms with van der Waals surface area (Å²) in [6.07, 6.45) is 1.37. The largest absolute Gasteiger partial charge is 0.444 e. The van der Waals surface area contributed by atoms with Crippen LogP contribution in [0, 0.1) is 5.41 Å². The molecule has 0 aliphatic carbocycles. The van der Waals surface area contributed by atoms with E-state index in [4.69, 9.17) is 4.74 Å². The molecule has 158 valence electrons. The van der Waals surface area contributed by atoms with Gasteiger partial charge in [0.15, 0.2) is 0 Å². The highest BCUT2D eigenvalue weighted by Crippen LogP contribution is 2.35. The van der Waals surface area contributed by atoms with Crippen molar-refractivity contribution < 1.29 is 9.53 Å². The zero-order valence-electron chi connectivity index (χ0n) is 17.5. The second-order valence-corrected chi connectivity index (χ2v) is 8.70. The maximum absolute atomic E-state index is 11.9. The van der Waals surface area contributed by atoms with E-state index in [-0.39, 0.29) is 18.7 Å². The van der Waals surface area contributed by atoms with E-state index in [9.17, 15) is 4.79 Å². The van der Waals surface area contributed by atoms with Crippen LogP contribution in [0.1, 0.15) is 36.6 Å². The minimum Gasteiger partial charge on any atom is -0.444 e. The van der Waals surface area contributed by atoms with Gasteiger partial charge in [-0.3, -0.25) is 9.80 Å². The second-order valence-electron chi connectivity index (χ2n) is 8.70. The molecule has 1 atom stereocenters. The Labute approximate surface area is 176 Å². The standard InChI is InChI=1S/C22H28N6O2/c1-3-28-19-18(10-30-21(28)29)8-24-20(26-19)25-15(2)17-6-4-16(5-7-17)9-27-13-22(14-27)11-23-12-22/h4-8,15,23H,3,9-14H2,1-2H3,(H,24,25,26). The van der Waals surface area contributed by atoms with Crippen LogP contribution in [0.5, 0.6) is 0 Å². The third kappa shape index (κ3) is 3.50.